The van der Waals surface area contributed by atoms with Crippen molar-refractivity contribution in [2.24, 2.45) is 0 Å². The van der Waals surface area contributed by atoms with Gasteiger partial charge in [-0.1, -0.05) is 27.7 Å². The van der Waals surface area contributed by atoms with Crippen LogP contribution in [-0.4, -0.2) is 29.3 Å². The summed E-state index contributed by atoms with van der Waals surface area (Å²) in [6.45, 7) is 9.36. The number of nitrogens with zero attached hydrogens (tertiary/aromatic N) is 1. The van der Waals surface area contributed by atoms with Crippen LogP contribution in [0.25, 0.3) is 0 Å². The van der Waals surface area contributed by atoms with E-state index in [1.54, 1.807) is 12.1 Å². The van der Waals surface area contributed by atoms with Gasteiger partial charge in [0, 0.05) is 11.8 Å². The first-order valence-corrected chi connectivity index (χ1v) is 9.71. The first kappa shape index (κ1) is 20.3. The second-order valence-electron chi connectivity index (χ2n) is 6.27. The summed E-state index contributed by atoms with van der Waals surface area (Å²) in [6, 6.07) is 5.39. The molecule has 0 fully saturated rings. The Morgan fingerprint density at radius 2 is 1.85 bits per heavy atom. The molecule has 0 radical (unpaired) electrons. The van der Waals surface area contributed by atoms with E-state index in [4.69, 9.17) is 9.47 Å². The molecule has 0 spiro atoms. The molecule has 7 heteroatoms. The van der Waals surface area contributed by atoms with Gasteiger partial charge in [-0.05, 0) is 46.8 Å². The van der Waals surface area contributed by atoms with Crippen LogP contribution in [0.15, 0.2) is 22.7 Å². The molecule has 0 aliphatic carbocycles. The minimum Gasteiger partial charge on any atom is -0.490 e. The molecular formula is C19H26BrN3O3. The van der Waals surface area contributed by atoms with Gasteiger partial charge >= 0.3 is 0 Å². The fourth-order valence-corrected chi connectivity index (χ4v) is 3.12. The van der Waals surface area contributed by atoms with E-state index in [9.17, 15) is 4.79 Å². The molecule has 1 aromatic heterocycles. The van der Waals surface area contributed by atoms with E-state index in [-0.39, 0.29) is 11.8 Å². The summed E-state index contributed by atoms with van der Waals surface area (Å²) in [4.78, 5) is 12.6. The van der Waals surface area contributed by atoms with Crippen LogP contribution in [0.1, 0.15) is 62.6 Å². The van der Waals surface area contributed by atoms with Gasteiger partial charge in [-0.3, -0.25) is 9.89 Å². The second kappa shape index (κ2) is 9.62. The molecule has 1 heterocycles. The average molecular weight is 424 g/mol. The van der Waals surface area contributed by atoms with E-state index >= 15 is 0 Å². The van der Waals surface area contributed by atoms with E-state index in [0.717, 1.165) is 18.5 Å². The lowest BCUT2D eigenvalue weighted by Crippen LogP contribution is -2.13. The van der Waals surface area contributed by atoms with E-state index in [2.05, 4.69) is 31.4 Å². The van der Waals surface area contributed by atoms with Crippen molar-refractivity contribution < 1.29 is 14.3 Å². The number of hydrogen-bond acceptors (Lipinski definition) is 4. The van der Waals surface area contributed by atoms with Crippen molar-refractivity contribution in [3.05, 3.63) is 34.1 Å². The Morgan fingerprint density at radius 3 is 2.42 bits per heavy atom. The number of halogens is 1. The van der Waals surface area contributed by atoms with E-state index in [1.165, 1.54) is 0 Å². The zero-order valence-electron chi connectivity index (χ0n) is 15.7. The van der Waals surface area contributed by atoms with Crippen molar-refractivity contribution in [3.8, 4) is 11.5 Å². The van der Waals surface area contributed by atoms with Crippen LogP contribution in [0.3, 0.4) is 0 Å². The smallest absolute Gasteiger partial charge is 0.277 e. The van der Waals surface area contributed by atoms with Gasteiger partial charge in [-0.2, -0.15) is 5.10 Å². The predicted octanol–water partition coefficient (Wildman–Crippen LogP) is 5.13. The number of H-pyrrole nitrogens is 1. The maximum Gasteiger partial charge on any atom is 0.277 e. The second-order valence-corrected chi connectivity index (χ2v) is 7.06. The Hall–Kier alpha value is -2.02. The van der Waals surface area contributed by atoms with Crippen molar-refractivity contribution in [2.45, 2.75) is 46.5 Å². The SMILES string of the molecule is CCCOc1ccc(NC(=O)c2n[nH]c(C(C)C)c2Br)cc1OCCC. The van der Waals surface area contributed by atoms with E-state index in [1.807, 2.05) is 33.8 Å². The van der Waals surface area contributed by atoms with Crippen molar-refractivity contribution in [1.82, 2.24) is 10.2 Å². The largest absolute Gasteiger partial charge is 0.490 e. The summed E-state index contributed by atoms with van der Waals surface area (Å²) in [5.74, 6) is 1.26. The molecule has 0 aliphatic rings. The van der Waals surface area contributed by atoms with Crippen molar-refractivity contribution in [2.75, 3.05) is 18.5 Å². The molecule has 0 atom stereocenters. The number of ether oxygens (including phenoxy) is 2. The number of carbonyl (C=O) groups excluding carboxylic acids is 1. The number of anilines is 1. The highest BCUT2D eigenvalue weighted by Gasteiger charge is 2.20. The van der Waals surface area contributed by atoms with Crippen molar-refractivity contribution in [1.29, 1.82) is 0 Å². The highest BCUT2D eigenvalue weighted by atomic mass is 79.9. The lowest BCUT2D eigenvalue weighted by atomic mass is 10.1. The summed E-state index contributed by atoms with van der Waals surface area (Å²) >= 11 is 3.46. The van der Waals surface area contributed by atoms with Gasteiger partial charge in [0.15, 0.2) is 17.2 Å². The maximum atomic E-state index is 12.6. The fraction of sp³-hybridized carbons (Fsp3) is 0.474. The summed E-state index contributed by atoms with van der Waals surface area (Å²) in [5.41, 5.74) is 1.85. The monoisotopic (exact) mass is 423 g/mol. The third kappa shape index (κ3) is 5.00. The lowest BCUT2D eigenvalue weighted by molar-refractivity contribution is 0.102. The average Bonchev–Trinajstić information content (AvgIpc) is 3.00. The quantitative estimate of drug-likeness (QED) is 0.586. The topological polar surface area (TPSA) is 76.2 Å². The molecule has 26 heavy (non-hydrogen) atoms. The van der Waals surface area contributed by atoms with Crippen LogP contribution in [0.2, 0.25) is 0 Å². The molecule has 1 amide bonds. The highest BCUT2D eigenvalue weighted by Crippen LogP contribution is 2.32. The Kier molecular flexibility index (Phi) is 7.50. The van der Waals surface area contributed by atoms with E-state index in [0.29, 0.717) is 40.6 Å². The maximum absolute atomic E-state index is 12.6. The molecule has 2 N–H and O–H groups in total. The molecule has 2 aromatic rings. The summed E-state index contributed by atoms with van der Waals surface area (Å²) in [6.07, 6.45) is 1.80. The minimum atomic E-state index is -0.288. The van der Waals surface area contributed by atoms with Crippen LogP contribution < -0.4 is 14.8 Å². The molecule has 1 aromatic carbocycles. The molecule has 0 bridgehead atoms. The zero-order valence-corrected chi connectivity index (χ0v) is 17.3. The number of benzene rings is 1. The summed E-state index contributed by atoms with van der Waals surface area (Å²) in [7, 11) is 0. The number of carbonyl (C=O) groups is 1. The summed E-state index contributed by atoms with van der Waals surface area (Å²) in [5, 5.41) is 9.90. The number of aromatic nitrogens is 2. The molecule has 6 nitrogen and oxygen atoms in total. The highest BCUT2D eigenvalue weighted by molar-refractivity contribution is 9.10. The number of rotatable bonds is 9. The van der Waals surface area contributed by atoms with Crippen LogP contribution >= 0.6 is 15.9 Å². The van der Waals surface area contributed by atoms with Crippen molar-refractivity contribution in [3.63, 3.8) is 0 Å². The van der Waals surface area contributed by atoms with Crippen LogP contribution in [0.5, 0.6) is 11.5 Å². The fourth-order valence-electron chi connectivity index (χ4n) is 2.31. The molecule has 0 unspecified atom stereocenters. The number of hydrogen-bond donors (Lipinski definition) is 2. The van der Waals surface area contributed by atoms with Gasteiger partial charge in [0.25, 0.3) is 5.91 Å². The van der Waals surface area contributed by atoms with Crippen molar-refractivity contribution >= 4 is 27.5 Å². The van der Waals surface area contributed by atoms with Gasteiger partial charge in [-0.25, -0.2) is 0 Å². The Bertz CT molecular complexity index is 744. The van der Waals surface area contributed by atoms with E-state index < -0.39 is 0 Å². The third-order valence-electron chi connectivity index (χ3n) is 3.65. The van der Waals surface area contributed by atoms with Gasteiger partial charge in [0.1, 0.15) is 0 Å². The number of amides is 1. The minimum absolute atomic E-state index is 0.238. The van der Waals surface area contributed by atoms with Crippen LogP contribution in [0, 0.1) is 0 Å². The van der Waals surface area contributed by atoms with Crippen LogP contribution in [-0.2, 0) is 0 Å². The molecule has 0 aliphatic heterocycles. The third-order valence-corrected chi connectivity index (χ3v) is 4.45. The van der Waals surface area contributed by atoms with Crippen LogP contribution in [0.4, 0.5) is 5.69 Å². The van der Waals surface area contributed by atoms with Gasteiger partial charge < -0.3 is 14.8 Å². The normalized spacial score (nSPS) is 10.8. The molecule has 142 valence electrons. The Morgan fingerprint density at radius 1 is 1.19 bits per heavy atom. The molecule has 2 rings (SSSR count). The standard InChI is InChI=1S/C19H26BrN3O3/c1-5-9-25-14-8-7-13(11-15(14)26-10-6-2)21-19(24)18-16(20)17(12(3)4)22-23-18/h7-8,11-12H,5-6,9-10H2,1-4H3,(H,21,24)(H,22,23). The molecule has 0 saturated heterocycles. The zero-order chi connectivity index (χ0) is 19.1. The first-order chi connectivity index (χ1) is 12.5. The first-order valence-electron chi connectivity index (χ1n) is 8.92. The summed E-state index contributed by atoms with van der Waals surface area (Å²) < 4.78 is 12.2. The number of nitrogens with one attached hydrogen (secondary N) is 2. The lowest BCUT2D eigenvalue weighted by Gasteiger charge is -2.14. The number of aromatic amines is 1. The predicted molar refractivity (Wildman–Crippen MR) is 106 cm³/mol. The molecular weight excluding hydrogens is 398 g/mol. The van der Waals surface area contributed by atoms with Gasteiger partial charge in [0.2, 0.25) is 0 Å². The van der Waals surface area contributed by atoms with Gasteiger partial charge in [-0.15, -0.1) is 0 Å². The van der Waals surface area contributed by atoms with Gasteiger partial charge in [0.05, 0.1) is 23.4 Å². The Labute approximate surface area is 162 Å². The molecule has 0 saturated carbocycles. The Balaban J connectivity index is 2.18.